The van der Waals surface area contributed by atoms with Gasteiger partial charge in [0.25, 0.3) is 5.91 Å². The molecular formula is C25H24N4O4. The molecule has 8 heteroatoms. The first kappa shape index (κ1) is 20.9. The fourth-order valence-electron chi connectivity index (χ4n) is 4.92. The normalized spacial score (nSPS) is 19.7. The zero-order chi connectivity index (χ0) is 23.3. The molecular weight excluding hydrogens is 420 g/mol. The lowest BCUT2D eigenvalue weighted by Crippen LogP contribution is -2.66. The number of para-hydroxylation sites is 1. The van der Waals surface area contributed by atoms with Gasteiger partial charge in [-0.1, -0.05) is 30.3 Å². The molecule has 8 nitrogen and oxygen atoms in total. The smallest absolute Gasteiger partial charge is 0.337 e. The molecule has 0 radical (unpaired) electrons. The molecule has 2 amide bonds. The minimum atomic E-state index is -0.649. The average Bonchev–Trinajstić information content (AvgIpc) is 3.20. The highest BCUT2D eigenvalue weighted by atomic mass is 16.5. The SMILES string of the molecule is COC(=O)c1ccc(C=NN2CC(=O)N3[C@@H](Cc4c([nH]c5ccccc45)C3(C)C)C2=O)cc1. The van der Waals surface area contributed by atoms with E-state index in [1.807, 2.05) is 38.1 Å². The molecule has 2 aromatic carbocycles. The van der Waals surface area contributed by atoms with Gasteiger partial charge in [-0.05, 0) is 43.2 Å². The predicted octanol–water partition coefficient (Wildman–Crippen LogP) is 2.82. The van der Waals surface area contributed by atoms with Gasteiger partial charge in [-0.15, -0.1) is 0 Å². The van der Waals surface area contributed by atoms with Crippen molar-refractivity contribution in [3.63, 3.8) is 0 Å². The van der Waals surface area contributed by atoms with Gasteiger partial charge < -0.3 is 14.6 Å². The Morgan fingerprint density at radius 2 is 1.88 bits per heavy atom. The Morgan fingerprint density at radius 3 is 2.61 bits per heavy atom. The van der Waals surface area contributed by atoms with Gasteiger partial charge in [-0.25, -0.2) is 9.80 Å². The van der Waals surface area contributed by atoms with E-state index in [9.17, 15) is 14.4 Å². The summed E-state index contributed by atoms with van der Waals surface area (Å²) in [6, 6.07) is 14.0. The number of nitrogens with zero attached hydrogens (tertiary/aromatic N) is 3. The minimum absolute atomic E-state index is 0.120. The van der Waals surface area contributed by atoms with Crippen molar-refractivity contribution in [3.05, 3.63) is 70.9 Å². The van der Waals surface area contributed by atoms with Gasteiger partial charge in [0, 0.05) is 23.0 Å². The summed E-state index contributed by atoms with van der Waals surface area (Å²) in [6.07, 6.45) is 1.96. The number of nitrogens with one attached hydrogen (secondary N) is 1. The summed E-state index contributed by atoms with van der Waals surface area (Å²) in [5, 5.41) is 6.63. The summed E-state index contributed by atoms with van der Waals surface area (Å²) >= 11 is 0. The molecule has 0 spiro atoms. The van der Waals surface area contributed by atoms with E-state index >= 15 is 0 Å². The van der Waals surface area contributed by atoms with E-state index in [1.54, 1.807) is 29.2 Å². The first-order chi connectivity index (χ1) is 15.8. The van der Waals surface area contributed by atoms with E-state index in [2.05, 4.69) is 10.1 Å². The molecule has 3 heterocycles. The second-order valence-electron chi connectivity index (χ2n) is 8.82. The lowest BCUT2D eigenvalue weighted by Gasteiger charge is -2.50. The van der Waals surface area contributed by atoms with Gasteiger partial charge in [0.15, 0.2) is 0 Å². The first-order valence-electron chi connectivity index (χ1n) is 10.8. The van der Waals surface area contributed by atoms with Gasteiger partial charge >= 0.3 is 5.97 Å². The number of carbonyl (C=O) groups is 3. The molecule has 1 saturated heterocycles. The lowest BCUT2D eigenvalue weighted by atomic mass is 9.82. The number of fused-ring (bicyclic) bond motifs is 4. The number of hydrogen-bond donors (Lipinski definition) is 1. The maximum atomic E-state index is 13.4. The number of aromatic nitrogens is 1. The Balaban J connectivity index is 1.44. The van der Waals surface area contributed by atoms with Gasteiger partial charge in [0.2, 0.25) is 5.91 Å². The van der Waals surface area contributed by atoms with Gasteiger partial charge in [0.05, 0.1) is 24.4 Å². The van der Waals surface area contributed by atoms with Gasteiger partial charge in [0.1, 0.15) is 12.6 Å². The van der Waals surface area contributed by atoms with E-state index in [4.69, 9.17) is 4.74 Å². The third-order valence-electron chi connectivity index (χ3n) is 6.51. The number of aromatic amines is 1. The van der Waals surface area contributed by atoms with Crippen LogP contribution in [0.4, 0.5) is 0 Å². The number of ether oxygens (including phenoxy) is 1. The van der Waals surface area contributed by atoms with Crippen molar-refractivity contribution in [2.75, 3.05) is 13.7 Å². The van der Waals surface area contributed by atoms with Crippen molar-refractivity contribution < 1.29 is 19.1 Å². The topological polar surface area (TPSA) is 95.1 Å². The van der Waals surface area contributed by atoms with Crippen LogP contribution in [0, 0.1) is 0 Å². The number of rotatable bonds is 3. The van der Waals surface area contributed by atoms with E-state index < -0.39 is 17.6 Å². The van der Waals surface area contributed by atoms with Crippen molar-refractivity contribution >= 4 is 34.9 Å². The molecule has 2 aliphatic heterocycles. The van der Waals surface area contributed by atoms with E-state index in [0.717, 1.165) is 22.2 Å². The number of esters is 1. The summed E-state index contributed by atoms with van der Waals surface area (Å²) in [5.74, 6) is -0.778. The van der Waals surface area contributed by atoms with Crippen molar-refractivity contribution in [1.29, 1.82) is 0 Å². The lowest BCUT2D eigenvalue weighted by molar-refractivity contribution is -0.163. The van der Waals surface area contributed by atoms with E-state index in [-0.39, 0.29) is 18.4 Å². The highest BCUT2D eigenvalue weighted by Crippen LogP contribution is 2.42. The number of carbonyl (C=O) groups excluding carboxylic acids is 3. The molecule has 5 rings (SSSR count). The monoisotopic (exact) mass is 444 g/mol. The molecule has 2 aliphatic rings. The van der Waals surface area contributed by atoms with E-state index in [1.165, 1.54) is 18.3 Å². The Morgan fingerprint density at radius 1 is 1.15 bits per heavy atom. The number of amides is 2. The summed E-state index contributed by atoms with van der Waals surface area (Å²) in [7, 11) is 1.33. The molecule has 3 aromatic rings. The summed E-state index contributed by atoms with van der Waals surface area (Å²) < 4.78 is 4.70. The molecule has 1 N–H and O–H groups in total. The zero-order valence-electron chi connectivity index (χ0n) is 18.7. The number of benzene rings is 2. The predicted molar refractivity (Wildman–Crippen MR) is 123 cm³/mol. The average molecular weight is 444 g/mol. The minimum Gasteiger partial charge on any atom is -0.465 e. The maximum absolute atomic E-state index is 13.4. The molecule has 1 fully saturated rings. The summed E-state index contributed by atoms with van der Waals surface area (Å²) in [4.78, 5) is 43.4. The zero-order valence-corrected chi connectivity index (χ0v) is 18.7. The van der Waals surface area contributed by atoms with Crippen molar-refractivity contribution in [1.82, 2.24) is 14.9 Å². The Bertz CT molecular complexity index is 1310. The van der Waals surface area contributed by atoms with Crippen molar-refractivity contribution in [3.8, 4) is 0 Å². The largest absolute Gasteiger partial charge is 0.465 e. The summed E-state index contributed by atoms with van der Waals surface area (Å²) in [5.41, 5.74) is 3.53. The number of H-pyrrole nitrogens is 1. The fourth-order valence-corrected chi connectivity index (χ4v) is 4.92. The molecule has 0 unspecified atom stereocenters. The molecule has 1 aromatic heterocycles. The fraction of sp³-hybridized carbons (Fsp3) is 0.280. The quantitative estimate of drug-likeness (QED) is 0.496. The maximum Gasteiger partial charge on any atom is 0.337 e. The molecule has 168 valence electrons. The molecule has 33 heavy (non-hydrogen) atoms. The van der Waals surface area contributed by atoms with Crippen LogP contribution in [0.5, 0.6) is 0 Å². The van der Waals surface area contributed by atoms with Crippen LogP contribution < -0.4 is 0 Å². The van der Waals surface area contributed by atoms with Gasteiger partial charge in [-0.2, -0.15) is 5.10 Å². The van der Waals surface area contributed by atoms with Crippen molar-refractivity contribution in [2.24, 2.45) is 5.10 Å². The second kappa shape index (κ2) is 7.58. The standard InChI is InChI=1S/C25H24N4O4/c1-25(2)22-18(17-6-4-5-7-19(17)27-22)12-20-23(31)28(14-21(30)29(20)25)26-13-15-8-10-16(11-9-15)24(32)33-3/h4-11,13,20,27H,12,14H2,1-3H3/t20-/m0/s1. The number of hydrogen-bond acceptors (Lipinski definition) is 5. The Hall–Kier alpha value is -3.94. The number of methoxy groups -OCH3 is 1. The van der Waals surface area contributed by atoms with Crippen LogP contribution in [-0.2, 0) is 26.3 Å². The van der Waals surface area contributed by atoms with Crippen LogP contribution in [0.3, 0.4) is 0 Å². The molecule has 0 saturated carbocycles. The van der Waals surface area contributed by atoms with Gasteiger partial charge in [-0.3, -0.25) is 9.59 Å². The molecule has 0 aliphatic carbocycles. The van der Waals surface area contributed by atoms with Crippen molar-refractivity contribution in [2.45, 2.75) is 31.8 Å². The van der Waals surface area contributed by atoms with Crippen LogP contribution in [0.1, 0.15) is 41.0 Å². The first-order valence-corrected chi connectivity index (χ1v) is 10.8. The third-order valence-corrected chi connectivity index (χ3v) is 6.51. The molecule has 1 atom stereocenters. The van der Waals surface area contributed by atoms with Crippen LogP contribution in [0.2, 0.25) is 0 Å². The highest BCUT2D eigenvalue weighted by Gasteiger charge is 2.51. The van der Waals surface area contributed by atoms with Crippen LogP contribution >= 0.6 is 0 Å². The third kappa shape index (κ3) is 3.29. The van der Waals surface area contributed by atoms with Crippen LogP contribution in [0.25, 0.3) is 10.9 Å². The highest BCUT2D eigenvalue weighted by molar-refractivity contribution is 5.98. The second-order valence-corrected chi connectivity index (χ2v) is 8.82. The van der Waals surface area contributed by atoms with E-state index in [0.29, 0.717) is 17.5 Å². The Labute approximate surface area is 190 Å². The Kier molecular flexibility index (Phi) is 4.81. The number of piperazine rings is 1. The summed E-state index contributed by atoms with van der Waals surface area (Å²) in [6.45, 7) is 3.83. The number of hydrazone groups is 1. The molecule has 0 bridgehead atoms. The van der Waals surface area contributed by atoms with Crippen LogP contribution in [0.15, 0.2) is 53.6 Å². The van der Waals surface area contributed by atoms with Crippen LogP contribution in [-0.4, -0.2) is 58.6 Å².